The highest BCUT2D eigenvalue weighted by Crippen LogP contribution is 2.29. The highest BCUT2D eigenvalue weighted by atomic mass is 16.6. The van der Waals surface area contributed by atoms with Crippen molar-refractivity contribution in [1.29, 1.82) is 0 Å². The van der Waals surface area contributed by atoms with Crippen LogP contribution in [-0.4, -0.2) is 58.1 Å². The van der Waals surface area contributed by atoms with E-state index >= 15 is 0 Å². The third kappa shape index (κ3) is 12.0. The SMILES string of the molecule is CCC(C)N(C(=O)C(Cc1ccccc1)NC(=O)OC(C)(C)C)C(C(=O)NC(Cc1ccccc1)C(=O)OC(C)(C)C)c1ccc(C)c(C)c1. The molecule has 0 radical (unpaired) electrons. The molecule has 0 aliphatic rings. The number of hydrogen-bond acceptors (Lipinski definition) is 6. The Labute approximate surface area is 298 Å². The number of esters is 1. The van der Waals surface area contributed by atoms with E-state index in [1.54, 1.807) is 46.4 Å². The third-order valence-corrected chi connectivity index (χ3v) is 8.26. The van der Waals surface area contributed by atoms with E-state index in [-0.39, 0.29) is 12.8 Å². The fourth-order valence-corrected chi connectivity index (χ4v) is 5.51. The minimum atomic E-state index is -1.14. The van der Waals surface area contributed by atoms with E-state index < -0.39 is 59.2 Å². The minimum Gasteiger partial charge on any atom is -0.458 e. The number of nitrogens with one attached hydrogen (secondary N) is 2. The lowest BCUT2D eigenvalue weighted by Crippen LogP contribution is -2.57. The minimum absolute atomic E-state index is 0.168. The van der Waals surface area contributed by atoms with Gasteiger partial charge in [-0.05, 0) is 96.6 Å². The zero-order valence-electron chi connectivity index (χ0n) is 31.3. The highest BCUT2D eigenvalue weighted by molar-refractivity contribution is 5.94. The maximum absolute atomic E-state index is 14.9. The van der Waals surface area contributed by atoms with Gasteiger partial charge in [-0.3, -0.25) is 9.59 Å². The van der Waals surface area contributed by atoms with Crippen LogP contribution in [0.1, 0.15) is 95.7 Å². The van der Waals surface area contributed by atoms with Gasteiger partial charge in [0, 0.05) is 18.9 Å². The van der Waals surface area contributed by atoms with Crippen LogP contribution in [0.5, 0.6) is 0 Å². The van der Waals surface area contributed by atoms with Gasteiger partial charge in [0.25, 0.3) is 0 Å². The van der Waals surface area contributed by atoms with Crippen LogP contribution in [-0.2, 0) is 36.7 Å². The summed E-state index contributed by atoms with van der Waals surface area (Å²) in [4.78, 5) is 58.0. The van der Waals surface area contributed by atoms with Crippen molar-refractivity contribution in [3.63, 3.8) is 0 Å². The third-order valence-electron chi connectivity index (χ3n) is 8.26. The average Bonchev–Trinajstić information content (AvgIpc) is 3.03. The molecule has 0 saturated carbocycles. The van der Waals surface area contributed by atoms with Crippen molar-refractivity contribution in [2.75, 3.05) is 0 Å². The van der Waals surface area contributed by atoms with E-state index in [1.165, 1.54) is 0 Å². The standard InChI is InChI=1S/C41H55N3O6/c1-11-29(4)44(37(46)33(25-30-18-14-12-15-19-30)43-39(48)50-41(8,9)10)35(32-23-22-27(2)28(3)24-32)36(45)42-34(38(47)49-40(5,6)7)26-31-20-16-13-17-21-31/h12-24,29,33-35H,11,25-26H2,1-10H3,(H,42,45)(H,43,48). The Morgan fingerprint density at radius 1 is 0.700 bits per heavy atom. The van der Waals surface area contributed by atoms with Crippen LogP contribution in [0.3, 0.4) is 0 Å². The fourth-order valence-electron chi connectivity index (χ4n) is 5.51. The van der Waals surface area contributed by atoms with Crippen molar-refractivity contribution < 1.29 is 28.7 Å². The number of nitrogens with zero attached hydrogens (tertiary/aromatic N) is 1. The van der Waals surface area contributed by atoms with E-state index in [0.717, 1.165) is 22.3 Å². The first-order valence-electron chi connectivity index (χ1n) is 17.4. The van der Waals surface area contributed by atoms with Crippen molar-refractivity contribution in [2.45, 2.75) is 124 Å². The Kier molecular flexibility index (Phi) is 13.8. The highest BCUT2D eigenvalue weighted by Gasteiger charge is 2.40. The van der Waals surface area contributed by atoms with E-state index in [9.17, 15) is 19.2 Å². The first-order valence-corrected chi connectivity index (χ1v) is 17.4. The monoisotopic (exact) mass is 685 g/mol. The molecule has 0 spiro atoms. The Morgan fingerprint density at radius 3 is 1.70 bits per heavy atom. The number of carbonyl (C=O) groups is 4. The van der Waals surface area contributed by atoms with Crippen LogP contribution >= 0.6 is 0 Å². The second kappa shape index (κ2) is 17.3. The number of rotatable bonds is 13. The van der Waals surface area contributed by atoms with Crippen LogP contribution in [0.25, 0.3) is 0 Å². The molecular formula is C41H55N3O6. The molecule has 4 atom stereocenters. The van der Waals surface area contributed by atoms with Gasteiger partial charge in [-0.1, -0.05) is 85.8 Å². The van der Waals surface area contributed by atoms with E-state index in [2.05, 4.69) is 10.6 Å². The summed E-state index contributed by atoms with van der Waals surface area (Å²) in [5.74, 6) is -1.57. The molecule has 4 unspecified atom stereocenters. The van der Waals surface area contributed by atoms with Crippen LogP contribution in [0.2, 0.25) is 0 Å². The number of amides is 3. The van der Waals surface area contributed by atoms with Gasteiger partial charge in [-0.25, -0.2) is 9.59 Å². The van der Waals surface area contributed by atoms with Crippen molar-refractivity contribution >= 4 is 23.9 Å². The first-order chi connectivity index (χ1) is 23.4. The lowest BCUT2D eigenvalue weighted by molar-refractivity contribution is -0.159. The number of benzene rings is 3. The Morgan fingerprint density at radius 2 is 1.22 bits per heavy atom. The van der Waals surface area contributed by atoms with Gasteiger partial charge in [0.1, 0.15) is 29.3 Å². The van der Waals surface area contributed by atoms with Gasteiger partial charge in [0.2, 0.25) is 11.8 Å². The molecule has 2 N–H and O–H groups in total. The molecule has 0 fully saturated rings. The molecule has 0 aromatic heterocycles. The van der Waals surface area contributed by atoms with Crippen LogP contribution in [0, 0.1) is 13.8 Å². The molecule has 9 heteroatoms. The molecule has 3 aromatic carbocycles. The van der Waals surface area contributed by atoms with Crippen LogP contribution < -0.4 is 10.6 Å². The van der Waals surface area contributed by atoms with Gasteiger partial charge in [-0.2, -0.15) is 0 Å². The molecule has 0 aliphatic heterocycles. The normalized spacial score (nSPS) is 14.0. The van der Waals surface area contributed by atoms with Gasteiger partial charge >= 0.3 is 12.1 Å². The van der Waals surface area contributed by atoms with E-state index in [0.29, 0.717) is 12.0 Å². The molecule has 0 saturated heterocycles. The summed E-state index contributed by atoms with van der Waals surface area (Å²) < 4.78 is 11.3. The summed E-state index contributed by atoms with van der Waals surface area (Å²) in [6.07, 6.45) is 0.136. The molecule has 0 heterocycles. The summed E-state index contributed by atoms with van der Waals surface area (Å²) in [5, 5.41) is 5.78. The molecule has 3 amide bonds. The maximum Gasteiger partial charge on any atom is 0.408 e. The zero-order chi connectivity index (χ0) is 37.2. The molecule has 270 valence electrons. The molecule has 0 bridgehead atoms. The molecule has 50 heavy (non-hydrogen) atoms. The molecular weight excluding hydrogens is 630 g/mol. The van der Waals surface area contributed by atoms with Crippen molar-refractivity contribution in [3.8, 4) is 0 Å². The average molecular weight is 686 g/mol. The number of aryl methyl sites for hydroxylation is 2. The topological polar surface area (TPSA) is 114 Å². The van der Waals surface area contributed by atoms with Crippen LogP contribution in [0.15, 0.2) is 78.9 Å². The van der Waals surface area contributed by atoms with Crippen LogP contribution in [0.4, 0.5) is 4.79 Å². The number of ether oxygens (including phenoxy) is 2. The second-order valence-corrected chi connectivity index (χ2v) is 14.9. The number of carbonyl (C=O) groups excluding carboxylic acids is 4. The number of alkyl carbamates (subject to hydrolysis) is 1. The van der Waals surface area contributed by atoms with Gasteiger partial charge in [-0.15, -0.1) is 0 Å². The van der Waals surface area contributed by atoms with Gasteiger partial charge in [0.15, 0.2) is 0 Å². The summed E-state index contributed by atoms with van der Waals surface area (Å²) in [5.41, 5.74) is 2.63. The molecule has 3 aromatic rings. The van der Waals surface area contributed by atoms with Gasteiger partial charge in [0.05, 0.1) is 0 Å². The predicted octanol–water partition coefficient (Wildman–Crippen LogP) is 7.18. The predicted molar refractivity (Wildman–Crippen MR) is 196 cm³/mol. The van der Waals surface area contributed by atoms with Crippen molar-refractivity contribution in [1.82, 2.24) is 15.5 Å². The summed E-state index contributed by atoms with van der Waals surface area (Å²) in [6, 6.07) is 20.7. The smallest absolute Gasteiger partial charge is 0.408 e. The summed E-state index contributed by atoms with van der Waals surface area (Å²) in [7, 11) is 0. The number of hydrogen-bond donors (Lipinski definition) is 2. The van der Waals surface area contributed by atoms with E-state index in [4.69, 9.17) is 9.47 Å². The van der Waals surface area contributed by atoms with Gasteiger partial charge < -0.3 is 25.0 Å². The van der Waals surface area contributed by atoms with Crippen molar-refractivity contribution in [3.05, 3.63) is 107 Å². The fraction of sp³-hybridized carbons (Fsp3) is 0.463. The summed E-state index contributed by atoms with van der Waals surface area (Å²) in [6.45, 7) is 18.3. The van der Waals surface area contributed by atoms with E-state index in [1.807, 2.05) is 107 Å². The summed E-state index contributed by atoms with van der Waals surface area (Å²) >= 11 is 0. The van der Waals surface area contributed by atoms with Crippen molar-refractivity contribution in [2.24, 2.45) is 0 Å². The molecule has 3 rings (SSSR count). The second-order valence-electron chi connectivity index (χ2n) is 14.9. The Balaban J connectivity index is 2.15. The lowest BCUT2D eigenvalue weighted by Gasteiger charge is -2.39. The Hall–Kier alpha value is -4.66. The first kappa shape index (κ1) is 39.8. The largest absolute Gasteiger partial charge is 0.458 e. The Bertz CT molecular complexity index is 1590. The quantitative estimate of drug-likeness (QED) is 0.184. The maximum atomic E-state index is 14.9. The zero-order valence-corrected chi connectivity index (χ0v) is 31.3. The molecule has 9 nitrogen and oxygen atoms in total. The molecule has 0 aliphatic carbocycles. The lowest BCUT2D eigenvalue weighted by atomic mass is 9.95.